The standard InChI is InChI=1S/C17H15N3O2/c1-20(2)17(21)14-11-7-6-10-13(14)16-18-15(19-22-16)12-8-4-3-5-9-12/h3-11H,1-2H3. The van der Waals surface area contributed by atoms with E-state index in [9.17, 15) is 4.79 Å². The van der Waals surface area contributed by atoms with Crippen molar-refractivity contribution in [3.63, 3.8) is 0 Å². The second-order valence-corrected chi connectivity index (χ2v) is 5.03. The van der Waals surface area contributed by atoms with Crippen LogP contribution in [0.25, 0.3) is 22.8 Å². The summed E-state index contributed by atoms with van der Waals surface area (Å²) in [5, 5.41) is 4.00. The third kappa shape index (κ3) is 2.61. The number of hydrogen-bond donors (Lipinski definition) is 0. The molecule has 3 aromatic rings. The molecule has 5 heteroatoms. The van der Waals surface area contributed by atoms with E-state index in [-0.39, 0.29) is 5.91 Å². The number of hydrogen-bond acceptors (Lipinski definition) is 4. The van der Waals surface area contributed by atoms with Crippen molar-refractivity contribution in [1.82, 2.24) is 15.0 Å². The first kappa shape index (κ1) is 14.0. The van der Waals surface area contributed by atoms with E-state index in [0.717, 1.165) is 5.56 Å². The number of benzene rings is 2. The Morgan fingerprint density at radius 1 is 1.00 bits per heavy atom. The van der Waals surface area contributed by atoms with Crippen LogP contribution in [0, 0.1) is 0 Å². The molecule has 5 nitrogen and oxygen atoms in total. The van der Waals surface area contributed by atoms with Gasteiger partial charge in [-0.3, -0.25) is 4.79 Å². The third-order valence-corrected chi connectivity index (χ3v) is 3.25. The van der Waals surface area contributed by atoms with Gasteiger partial charge in [0.2, 0.25) is 5.82 Å². The fourth-order valence-electron chi connectivity index (χ4n) is 2.13. The Labute approximate surface area is 128 Å². The van der Waals surface area contributed by atoms with Crippen molar-refractivity contribution in [2.45, 2.75) is 0 Å². The van der Waals surface area contributed by atoms with Gasteiger partial charge in [-0.05, 0) is 12.1 Å². The quantitative estimate of drug-likeness (QED) is 0.744. The predicted octanol–water partition coefficient (Wildman–Crippen LogP) is 3.11. The Morgan fingerprint density at radius 3 is 2.41 bits per heavy atom. The van der Waals surface area contributed by atoms with Gasteiger partial charge in [-0.1, -0.05) is 47.6 Å². The van der Waals surface area contributed by atoms with E-state index in [1.807, 2.05) is 42.5 Å². The number of rotatable bonds is 3. The lowest BCUT2D eigenvalue weighted by Gasteiger charge is -2.11. The molecular weight excluding hydrogens is 278 g/mol. The highest BCUT2D eigenvalue weighted by Gasteiger charge is 2.18. The van der Waals surface area contributed by atoms with Crippen LogP contribution in [0.1, 0.15) is 10.4 Å². The lowest BCUT2D eigenvalue weighted by Crippen LogP contribution is -2.22. The van der Waals surface area contributed by atoms with Crippen molar-refractivity contribution in [2.75, 3.05) is 14.1 Å². The molecule has 0 unspecified atom stereocenters. The van der Waals surface area contributed by atoms with Crippen LogP contribution in [0.2, 0.25) is 0 Å². The highest BCUT2D eigenvalue weighted by molar-refractivity contribution is 5.99. The second-order valence-electron chi connectivity index (χ2n) is 5.03. The van der Waals surface area contributed by atoms with Gasteiger partial charge in [-0.15, -0.1) is 0 Å². The molecule has 0 N–H and O–H groups in total. The lowest BCUT2D eigenvalue weighted by atomic mass is 10.1. The normalized spacial score (nSPS) is 10.5. The summed E-state index contributed by atoms with van der Waals surface area (Å²) < 4.78 is 5.34. The van der Waals surface area contributed by atoms with Gasteiger partial charge >= 0.3 is 0 Å². The molecule has 1 aromatic heterocycles. The van der Waals surface area contributed by atoms with Gasteiger partial charge in [0.15, 0.2) is 0 Å². The summed E-state index contributed by atoms with van der Waals surface area (Å²) in [6, 6.07) is 16.8. The minimum atomic E-state index is -0.102. The first-order valence-electron chi connectivity index (χ1n) is 6.87. The average Bonchev–Trinajstić information content (AvgIpc) is 3.05. The zero-order chi connectivity index (χ0) is 15.5. The molecule has 0 aliphatic rings. The minimum Gasteiger partial charge on any atom is -0.345 e. The highest BCUT2D eigenvalue weighted by atomic mass is 16.5. The van der Waals surface area contributed by atoms with Gasteiger partial charge in [-0.25, -0.2) is 0 Å². The number of carbonyl (C=O) groups is 1. The van der Waals surface area contributed by atoms with E-state index in [2.05, 4.69) is 10.1 Å². The van der Waals surface area contributed by atoms with E-state index < -0.39 is 0 Å². The lowest BCUT2D eigenvalue weighted by molar-refractivity contribution is 0.0828. The largest absolute Gasteiger partial charge is 0.345 e. The van der Waals surface area contributed by atoms with Crippen molar-refractivity contribution in [3.8, 4) is 22.8 Å². The van der Waals surface area contributed by atoms with E-state index in [0.29, 0.717) is 22.8 Å². The maximum absolute atomic E-state index is 12.3. The maximum atomic E-state index is 12.3. The molecule has 110 valence electrons. The smallest absolute Gasteiger partial charge is 0.259 e. The zero-order valence-corrected chi connectivity index (χ0v) is 12.4. The number of amides is 1. The molecule has 0 spiro atoms. The third-order valence-electron chi connectivity index (χ3n) is 3.25. The van der Waals surface area contributed by atoms with Crippen molar-refractivity contribution >= 4 is 5.91 Å². The molecular formula is C17H15N3O2. The summed E-state index contributed by atoms with van der Waals surface area (Å²) in [4.78, 5) is 18.2. The Morgan fingerprint density at radius 2 is 1.68 bits per heavy atom. The van der Waals surface area contributed by atoms with E-state index in [1.54, 1.807) is 26.2 Å². The fraction of sp³-hybridized carbons (Fsp3) is 0.118. The predicted molar refractivity (Wildman–Crippen MR) is 83.2 cm³/mol. The number of aromatic nitrogens is 2. The first-order chi connectivity index (χ1) is 10.7. The van der Waals surface area contributed by atoms with Gasteiger partial charge in [0, 0.05) is 19.7 Å². The summed E-state index contributed by atoms with van der Waals surface area (Å²) in [5.74, 6) is 0.738. The summed E-state index contributed by atoms with van der Waals surface area (Å²) >= 11 is 0. The van der Waals surface area contributed by atoms with Gasteiger partial charge in [0.25, 0.3) is 11.8 Å². The summed E-state index contributed by atoms with van der Waals surface area (Å²) in [5.41, 5.74) is 2.04. The molecule has 0 bridgehead atoms. The fourth-order valence-corrected chi connectivity index (χ4v) is 2.13. The Hall–Kier alpha value is -2.95. The number of nitrogens with zero attached hydrogens (tertiary/aromatic N) is 3. The monoisotopic (exact) mass is 293 g/mol. The molecule has 0 aliphatic heterocycles. The van der Waals surface area contributed by atoms with E-state index in [1.165, 1.54) is 4.90 Å². The van der Waals surface area contributed by atoms with Gasteiger partial charge in [0.1, 0.15) is 0 Å². The van der Waals surface area contributed by atoms with Gasteiger partial charge in [-0.2, -0.15) is 4.98 Å². The van der Waals surface area contributed by atoms with Crippen LogP contribution in [0.3, 0.4) is 0 Å². The Balaban J connectivity index is 2.03. The van der Waals surface area contributed by atoms with Crippen LogP contribution >= 0.6 is 0 Å². The molecule has 0 fully saturated rings. The van der Waals surface area contributed by atoms with Crippen molar-refractivity contribution in [1.29, 1.82) is 0 Å². The Bertz CT molecular complexity index is 794. The van der Waals surface area contributed by atoms with Crippen LogP contribution < -0.4 is 0 Å². The molecule has 2 aromatic carbocycles. The summed E-state index contributed by atoms with van der Waals surface area (Å²) in [7, 11) is 3.42. The molecule has 0 saturated carbocycles. The van der Waals surface area contributed by atoms with E-state index >= 15 is 0 Å². The molecule has 1 heterocycles. The molecule has 0 saturated heterocycles. The highest BCUT2D eigenvalue weighted by Crippen LogP contribution is 2.25. The summed E-state index contributed by atoms with van der Waals surface area (Å²) in [6.07, 6.45) is 0. The zero-order valence-electron chi connectivity index (χ0n) is 12.4. The maximum Gasteiger partial charge on any atom is 0.259 e. The second kappa shape index (κ2) is 5.81. The van der Waals surface area contributed by atoms with Crippen LogP contribution in [-0.2, 0) is 0 Å². The van der Waals surface area contributed by atoms with Crippen molar-refractivity contribution < 1.29 is 9.32 Å². The molecule has 0 radical (unpaired) electrons. The molecule has 1 amide bonds. The molecule has 22 heavy (non-hydrogen) atoms. The average molecular weight is 293 g/mol. The van der Waals surface area contributed by atoms with Gasteiger partial charge in [0.05, 0.1) is 11.1 Å². The number of carbonyl (C=O) groups excluding carboxylic acids is 1. The van der Waals surface area contributed by atoms with Crippen molar-refractivity contribution in [3.05, 3.63) is 60.2 Å². The van der Waals surface area contributed by atoms with Crippen LogP contribution in [0.15, 0.2) is 59.1 Å². The SMILES string of the molecule is CN(C)C(=O)c1ccccc1-c1nc(-c2ccccc2)no1. The van der Waals surface area contributed by atoms with Crippen LogP contribution in [0.5, 0.6) is 0 Å². The van der Waals surface area contributed by atoms with Crippen molar-refractivity contribution in [2.24, 2.45) is 0 Å². The van der Waals surface area contributed by atoms with E-state index in [4.69, 9.17) is 4.52 Å². The molecule has 0 atom stereocenters. The molecule has 0 aliphatic carbocycles. The van der Waals surface area contributed by atoms with Crippen LogP contribution in [-0.4, -0.2) is 35.0 Å². The summed E-state index contributed by atoms with van der Waals surface area (Å²) in [6.45, 7) is 0. The van der Waals surface area contributed by atoms with Crippen LogP contribution in [0.4, 0.5) is 0 Å². The topological polar surface area (TPSA) is 59.2 Å². The first-order valence-corrected chi connectivity index (χ1v) is 6.87. The van der Waals surface area contributed by atoms with Gasteiger partial charge < -0.3 is 9.42 Å². The minimum absolute atomic E-state index is 0.102. The molecule has 3 rings (SSSR count). The Kier molecular flexibility index (Phi) is 3.70.